The zero-order chi connectivity index (χ0) is 18.3. The van der Waals surface area contributed by atoms with Crippen LogP contribution in [0.2, 0.25) is 0 Å². The molecule has 7 nitrogen and oxygen atoms in total. The Balaban J connectivity index is 1.54. The van der Waals surface area contributed by atoms with Gasteiger partial charge in [0.05, 0.1) is 12.7 Å². The molecule has 1 aliphatic heterocycles. The van der Waals surface area contributed by atoms with Gasteiger partial charge in [-0.15, -0.1) is 0 Å². The fourth-order valence-corrected chi connectivity index (χ4v) is 3.28. The summed E-state index contributed by atoms with van der Waals surface area (Å²) in [5.41, 5.74) is 2.68. The van der Waals surface area contributed by atoms with Crippen LogP contribution in [0.5, 0.6) is 0 Å². The first-order valence-electron chi connectivity index (χ1n) is 8.64. The van der Waals surface area contributed by atoms with Crippen LogP contribution in [0.3, 0.4) is 0 Å². The number of esters is 1. The first-order valence-corrected chi connectivity index (χ1v) is 8.64. The number of fused-ring (bicyclic) bond motifs is 1. The predicted molar refractivity (Wildman–Crippen MR) is 93.0 cm³/mol. The van der Waals surface area contributed by atoms with Gasteiger partial charge in [-0.25, -0.2) is 4.79 Å². The average molecular weight is 353 g/mol. The van der Waals surface area contributed by atoms with E-state index in [0.29, 0.717) is 31.1 Å². The average Bonchev–Trinajstić information content (AvgIpc) is 3.51. The SMILES string of the molecule is COC(=O)c1ccc(C(=O)N2CCc3cc(=O)n(C4CC4)cc3C2)nc1. The second-order valence-electron chi connectivity index (χ2n) is 6.70. The van der Waals surface area contributed by atoms with Crippen molar-refractivity contribution in [1.29, 1.82) is 0 Å². The normalized spacial score (nSPS) is 16.1. The highest BCUT2D eigenvalue weighted by Crippen LogP contribution is 2.34. The first kappa shape index (κ1) is 16.5. The zero-order valence-corrected chi connectivity index (χ0v) is 14.5. The zero-order valence-electron chi connectivity index (χ0n) is 14.5. The Labute approximate surface area is 150 Å². The van der Waals surface area contributed by atoms with Gasteiger partial charge in [-0.05, 0) is 42.5 Å². The van der Waals surface area contributed by atoms with E-state index < -0.39 is 5.97 Å². The molecule has 0 bridgehead atoms. The van der Waals surface area contributed by atoms with Crippen molar-refractivity contribution in [2.45, 2.75) is 31.8 Å². The molecule has 0 atom stereocenters. The summed E-state index contributed by atoms with van der Waals surface area (Å²) in [5.74, 6) is -0.669. The lowest BCUT2D eigenvalue weighted by Crippen LogP contribution is -2.37. The first-order chi connectivity index (χ1) is 12.6. The van der Waals surface area contributed by atoms with Crippen molar-refractivity contribution in [3.63, 3.8) is 0 Å². The van der Waals surface area contributed by atoms with Gasteiger partial charge in [0, 0.05) is 37.6 Å². The van der Waals surface area contributed by atoms with Gasteiger partial charge in [0.15, 0.2) is 0 Å². The molecule has 0 N–H and O–H groups in total. The minimum atomic E-state index is -0.485. The largest absolute Gasteiger partial charge is 0.465 e. The Kier molecular flexibility index (Phi) is 4.06. The van der Waals surface area contributed by atoms with E-state index in [-0.39, 0.29) is 17.2 Å². The van der Waals surface area contributed by atoms with E-state index in [1.807, 2.05) is 6.20 Å². The monoisotopic (exact) mass is 353 g/mol. The van der Waals surface area contributed by atoms with Crippen LogP contribution in [-0.2, 0) is 17.7 Å². The number of carbonyl (C=O) groups excluding carboxylic acids is 2. The van der Waals surface area contributed by atoms with Crippen molar-refractivity contribution < 1.29 is 14.3 Å². The highest BCUT2D eigenvalue weighted by atomic mass is 16.5. The van der Waals surface area contributed by atoms with Crippen LogP contribution >= 0.6 is 0 Å². The predicted octanol–water partition coefficient (Wildman–Crippen LogP) is 1.56. The van der Waals surface area contributed by atoms with Crippen molar-refractivity contribution in [2.75, 3.05) is 13.7 Å². The van der Waals surface area contributed by atoms with Gasteiger partial charge in [0.1, 0.15) is 5.69 Å². The Morgan fingerprint density at radius 1 is 1.23 bits per heavy atom. The number of hydrogen-bond donors (Lipinski definition) is 0. The number of carbonyl (C=O) groups is 2. The molecule has 7 heteroatoms. The van der Waals surface area contributed by atoms with Crippen molar-refractivity contribution in [1.82, 2.24) is 14.5 Å². The third kappa shape index (κ3) is 3.00. The number of aromatic nitrogens is 2. The molecule has 0 saturated heterocycles. The van der Waals surface area contributed by atoms with Crippen LogP contribution in [0.1, 0.15) is 50.9 Å². The number of nitrogens with zero attached hydrogens (tertiary/aromatic N) is 3. The maximum absolute atomic E-state index is 12.7. The van der Waals surface area contributed by atoms with Crippen molar-refractivity contribution in [3.05, 3.63) is 63.3 Å². The van der Waals surface area contributed by atoms with Gasteiger partial charge in [-0.1, -0.05) is 0 Å². The molecule has 1 saturated carbocycles. The highest BCUT2D eigenvalue weighted by molar-refractivity contribution is 5.94. The quantitative estimate of drug-likeness (QED) is 0.782. The van der Waals surface area contributed by atoms with Crippen LogP contribution in [-0.4, -0.2) is 40.0 Å². The Bertz CT molecular complexity index is 929. The number of ether oxygens (including phenoxy) is 1. The molecule has 0 radical (unpaired) electrons. The summed E-state index contributed by atoms with van der Waals surface area (Å²) in [5, 5.41) is 0. The van der Waals surface area contributed by atoms with Crippen LogP contribution < -0.4 is 5.56 Å². The number of amides is 1. The van der Waals surface area contributed by atoms with Crippen LogP contribution in [0.15, 0.2) is 35.4 Å². The third-order valence-electron chi connectivity index (χ3n) is 4.90. The molecule has 134 valence electrons. The van der Waals surface area contributed by atoms with E-state index in [2.05, 4.69) is 9.72 Å². The molecule has 1 fully saturated rings. The van der Waals surface area contributed by atoms with Gasteiger partial charge in [-0.2, -0.15) is 0 Å². The molecule has 0 aromatic carbocycles. The summed E-state index contributed by atoms with van der Waals surface area (Å²) < 4.78 is 6.42. The topological polar surface area (TPSA) is 81.5 Å². The van der Waals surface area contributed by atoms with Crippen molar-refractivity contribution in [2.24, 2.45) is 0 Å². The second kappa shape index (κ2) is 6.40. The third-order valence-corrected chi connectivity index (χ3v) is 4.90. The van der Waals surface area contributed by atoms with E-state index in [1.54, 1.807) is 15.5 Å². The molecule has 1 aliphatic carbocycles. The Hall–Kier alpha value is -2.96. The van der Waals surface area contributed by atoms with Crippen molar-refractivity contribution in [3.8, 4) is 0 Å². The van der Waals surface area contributed by atoms with Crippen LogP contribution in [0, 0.1) is 0 Å². The van der Waals surface area contributed by atoms with E-state index in [9.17, 15) is 14.4 Å². The van der Waals surface area contributed by atoms with Crippen molar-refractivity contribution >= 4 is 11.9 Å². The summed E-state index contributed by atoms with van der Waals surface area (Å²) in [6.45, 7) is 1.00. The number of hydrogen-bond acceptors (Lipinski definition) is 5. The minimum absolute atomic E-state index is 0.0473. The second-order valence-corrected chi connectivity index (χ2v) is 6.70. The van der Waals surface area contributed by atoms with Gasteiger partial charge < -0.3 is 14.2 Å². The Morgan fingerprint density at radius 3 is 2.69 bits per heavy atom. The summed E-state index contributed by atoms with van der Waals surface area (Å²) in [6.07, 6.45) is 5.99. The lowest BCUT2D eigenvalue weighted by atomic mass is 10.0. The maximum Gasteiger partial charge on any atom is 0.339 e. The fourth-order valence-electron chi connectivity index (χ4n) is 3.28. The number of methoxy groups -OCH3 is 1. The number of pyridine rings is 2. The van der Waals surface area contributed by atoms with Crippen LogP contribution in [0.25, 0.3) is 0 Å². The van der Waals surface area contributed by atoms with Gasteiger partial charge in [0.2, 0.25) is 0 Å². The van der Waals surface area contributed by atoms with Gasteiger partial charge in [0.25, 0.3) is 11.5 Å². The molecule has 1 amide bonds. The molecular formula is C19H19N3O4. The van der Waals surface area contributed by atoms with Crippen LogP contribution in [0.4, 0.5) is 0 Å². The Morgan fingerprint density at radius 2 is 2.04 bits per heavy atom. The highest BCUT2D eigenvalue weighted by Gasteiger charge is 2.28. The lowest BCUT2D eigenvalue weighted by Gasteiger charge is -2.29. The van der Waals surface area contributed by atoms with E-state index in [0.717, 1.165) is 24.0 Å². The van der Waals surface area contributed by atoms with E-state index in [4.69, 9.17) is 0 Å². The molecule has 3 heterocycles. The fraction of sp³-hybridized carbons (Fsp3) is 0.368. The summed E-state index contributed by atoms with van der Waals surface area (Å²) in [6, 6.07) is 5.09. The molecular weight excluding hydrogens is 334 g/mol. The molecule has 0 unspecified atom stereocenters. The molecule has 2 aromatic heterocycles. The van der Waals surface area contributed by atoms with Gasteiger partial charge >= 0.3 is 5.97 Å². The van der Waals surface area contributed by atoms with Gasteiger partial charge in [-0.3, -0.25) is 14.6 Å². The molecule has 4 rings (SSSR count). The summed E-state index contributed by atoms with van der Waals surface area (Å²) in [4.78, 5) is 42.2. The summed E-state index contributed by atoms with van der Waals surface area (Å²) >= 11 is 0. The standard InChI is InChI=1S/C19H19N3O4/c1-26-19(25)13-2-5-16(20-9-13)18(24)21-7-6-12-8-17(23)22(15-3-4-15)11-14(12)10-21/h2,5,8-9,11,15H,3-4,6-7,10H2,1H3. The van der Waals surface area contributed by atoms with E-state index in [1.165, 1.54) is 25.4 Å². The molecule has 2 aromatic rings. The molecule has 26 heavy (non-hydrogen) atoms. The molecule has 0 spiro atoms. The molecule has 2 aliphatic rings. The lowest BCUT2D eigenvalue weighted by molar-refractivity contribution is 0.0598. The maximum atomic E-state index is 12.7. The van der Waals surface area contributed by atoms with E-state index >= 15 is 0 Å². The smallest absolute Gasteiger partial charge is 0.339 e. The minimum Gasteiger partial charge on any atom is -0.465 e. The number of rotatable bonds is 3. The summed E-state index contributed by atoms with van der Waals surface area (Å²) in [7, 11) is 1.30.